The third kappa shape index (κ3) is 3.25. The van der Waals surface area contributed by atoms with Crippen molar-refractivity contribution in [3.8, 4) is 0 Å². The van der Waals surface area contributed by atoms with E-state index in [-0.39, 0.29) is 0 Å². The standard InChI is InChI=1S/C15H22ClNO/c1-3-17-15(13-5-4-8-18-10-13)12-7-6-11(2)14(16)9-12/h6-7,9,13,15,17H,3-5,8,10H2,1-2H3. The number of aryl methyl sites for hydroxylation is 1. The summed E-state index contributed by atoms with van der Waals surface area (Å²) in [5.41, 5.74) is 2.42. The zero-order valence-electron chi connectivity index (χ0n) is 11.2. The normalized spacial score (nSPS) is 21.8. The third-order valence-corrected chi connectivity index (χ3v) is 4.05. The van der Waals surface area contributed by atoms with Gasteiger partial charge in [-0.05, 0) is 43.5 Å². The highest BCUT2D eigenvalue weighted by Crippen LogP contribution is 2.30. The molecule has 1 aromatic rings. The van der Waals surface area contributed by atoms with Crippen LogP contribution >= 0.6 is 11.6 Å². The van der Waals surface area contributed by atoms with Gasteiger partial charge in [-0.15, -0.1) is 0 Å². The van der Waals surface area contributed by atoms with E-state index in [9.17, 15) is 0 Å². The second-order valence-corrected chi connectivity index (χ2v) is 5.43. The first kappa shape index (κ1) is 13.9. The lowest BCUT2D eigenvalue weighted by Gasteiger charge is -2.31. The molecule has 0 aliphatic carbocycles. The lowest BCUT2D eigenvalue weighted by atomic mass is 9.88. The first-order valence-corrected chi connectivity index (χ1v) is 7.17. The fraction of sp³-hybridized carbons (Fsp3) is 0.600. The van der Waals surface area contributed by atoms with Crippen LogP contribution in [0.5, 0.6) is 0 Å². The maximum atomic E-state index is 6.24. The van der Waals surface area contributed by atoms with E-state index < -0.39 is 0 Å². The average Bonchev–Trinajstić information content (AvgIpc) is 2.40. The van der Waals surface area contributed by atoms with Gasteiger partial charge in [0.05, 0.1) is 6.61 Å². The van der Waals surface area contributed by atoms with Gasteiger partial charge in [0, 0.05) is 23.6 Å². The van der Waals surface area contributed by atoms with E-state index in [1.165, 1.54) is 12.0 Å². The molecule has 1 aliphatic rings. The van der Waals surface area contributed by atoms with Crippen molar-refractivity contribution in [2.75, 3.05) is 19.8 Å². The van der Waals surface area contributed by atoms with Crippen LogP contribution in [0.3, 0.4) is 0 Å². The van der Waals surface area contributed by atoms with E-state index in [1.54, 1.807) is 0 Å². The molecular formula is C15H22ClNO. The van der Waals surface area contributed by atoms with Crippen molar-refractivity contribution in [3.05, 3.63) is 34.3 Å². The van der Waals surface area contributed by atoms with E-state index in [1.807, 2.05) is 6.92 Å². The van der Waals surface area contributed by atoms with Gasteiger partial charge in [-0.3, -0.25) is 0 Å². The SMILES string of the molecule is CCNC(c1ccc(C)c(Cl)c1)C1CCCOC1. The van der Waals surface area contributed by atoms with Crippen molar-refractivity contribution in [2.24, 2.45) is 5.92 Å². The number of benzene rings is 1. The van der Waals surface area contributed by atoms with Crippen LogP contribution in [0.1, 0.15) is 36.9 Å². The van der Waals surface area contributed by atoms with Crippen molar-refractivity contribution in [1.82, 2.24) is 5.32 Å². The van der Waals surface area contributed by atoms with E-state index in [4.69, 9.17) is 16.3 Å². The Labute approximate surface area is 115 Å². The highest BCUT2D eigenvalue weighted by molar-refractivity contribution is 6.31. The molecule has 1 aliphatic heterocycles. The minimum Gasteiger partial charge on any atom is -0.381 e. The largest absolute Gasteiger partial charge is 0.381 e. The number of hydrogen-bond acceptors (Lipinski definition) is 2. The first-order chi connectivity index (χ1) is 8.72. The second kappa shape index (κ2) is 6.55. The van der Waals surface area contributed by atoms with Gasteiger partial charge in [-0.25, -0.2) is 0 Å². The van der Waals surface area contributed by atoms with Crippen LogP contribution in [-0.4, -0.2) is 19.8 Å². The Balaban J connectivity index is 2.19. The Morgan fingerprint density at radius 3 is 2.94 bits per heavy atom. The zero-order chi connectivity index (χ0) is 13.0. The van der Waals surface area contributed by atoms with E-state index in [0.29, 0.717) is 12.0 Å². The third-order valence-electron chi connectivity index (χ3n) is 3.65. The molecule has 0 spiro atoms. The molecule has 0 amide bonds. The van der Waals surface area contributed by atoms with Gasteiger partial charge in [0.25, 0.3) is 0 Å². The summed E-state index contributed by atoms with van der Waals surface area (Å²) in [6, 6.07) is 6.74. The van der Waals surface area contributed by atoms with Crippen LogP contribution in [0.4, 0.5) is 0 Å². The van der Waals surface area contributed by atoms with Crippen molar-refractivity contribution in [3.63, 3.8) is 0 Å². The van der Waals surface area contributed by atoms with Crippen LogP contribution in [0.25, 0.3) is 0 Å². The summed E-state index contributed by atoms with van der Waals surface area (Å²) in [6.07, 6.45) is 2.38. The Morgan fingerprint density at radius 2 is 2.33 bits per heavy atom. The monoisotopic (exact) mass is 267 g/mol. The molecule has 100 valence electrons. The van der Waals surface area contributed by atoms with E-state index in [0.717, 1.165) is 36.8 Å². The van der Waals surface area contributed by atoms with Crippen molar-refractivity contribution in [1.29, 1.82) is 0 Å². The molecule has 0 bridgehead atoms. The Bertz CT molecular complexity index is 388. The van der Waals surface area contributed by atoms with Crippen LogP contribution in [0.2, 0.25) is 5.02 Å². The Hall–Kier alpha value is -0.570. The maximum absolute atomic E-state index is 6.24. The zero-order valence-corrected chi connectivity index (χ0v) is 12.0. The fourth-order valence-electron chi connectivity index (χ4n) is 2.61. The molecule has 2 unspecified atom stereocenters. The first-order valence-electron chi connectivity index (χ1n) is 6.79. The average molecular weight is 268 g/mol. The Morgan fingerprint density at radius 1 is 1.50 bits per heavy atom. The lowest BCUT2D eigenvalue weighted by Crippen LogP contribution is -2.33. The summed E-state index contributed by atoms with van der Waals surface area (Å²) in [7, 11) is 0. The highest BCUT2D eigenvalue weighted by atomic mass is 35.5. The van der Waals surface area contributed by atoms with Gasteiger partial charge in [0.1, 0.15) is 0 Å². The molecule has 0 radical (unpaired) electrons. The van der Waals surface area contributed by atoms with Crippen LogP contribution < -0.4 is 5.32 Å². The fourth-order valence-corrected chi connectivity index (χ4v) is 2.80. The number of nitrogens with one attached hydrogen (secondary N) is 1. The topological polar surface area (TPSA) is 21.3 Å². The van der Waals surface area contributed by atoms with Gasteiger partial charge >= 0.3 is 0 Å². The van der Waals surface area contributed by atoms with Gasteiger partial charge in [0.2, 0.25) is 0 Å². The van der Waals surface area contributed by atoms with E-state index >= 15 is 0 Å². The summed E-state index contributed by atoms with van der Waals surface area (Å²) in [4.78, 5) is 0. The molecule has 0 saturated carbocycles. The maximum Gasteiger partial charge on any atom is 0.0512 e. The molecule has 18 heavy (non-hydrogen) atoms. The number of rotatable bonds is 4. The molecule has 3 heteroatoms. The predicted molar refractivity (Wildman–Crippen MR) is 76.1 cm³/mol. The summed E-state index contributed by atoms with van der Waals surface area (Å²) in [5.74, 6) is 0.553. The minimum absolute atomic E-state index is 0.355. The van der Waals surface area contributed by atoms with Crippen molar-refractivity contribution in [2.45, 2.75) is 32.7 Å². The predicted octanol–water partition coefficient (Wildman–Crippen LogP) is 3.73. The molecule has 2 rings (SSSR count). The minimum atomic E-state index is 0.355. The van der Waals surface area contributed by atoms with Crippen LogP contribution in [-0.2, 0) is 4.74 Å². The van der Waals surface area contributed by atoms with E-state index in [2.05, 4.69) is 30.4 Å². The number of hydrogen-bond donors (Lipinski definition) is 1. The molecule has 1 aromatic carbocycles. The van der Waals surface area contributed by atoms with Gasteiger partial charge < -0.3 is 10.1 Å². The molecule has 1 N–H and O–H groups in total. The lowest BCUT2D eigenvalue weighted by molar-refractivity contribution is 0.0393. The molecule has 1 saturated heterocycles. The quantitative estimate of drug-likeness (QED) is 0.898. The second-order valence-electron chi connectivity index (χ2n) is 5.02. The number of ether oxygens (including phenoxy) is 1. The summed E-state index contributed by atoms with van der Waals surface area (Å²) >= 11 is 6.24. The van der Waals surface area contributed by atoms with Crippen LogP contribution in [0.15, 0.2) is 18.2 Å². The van der Waals surface area contributed by atoms with Gasteiger partial charge in [0.15, 0.2) is 0 Å². The molecular weight excluding hydrogens is 246 g/mol. The van der Waals surface area contributed by atoms with Gasteiger partial charge in [-0.2, -0.15) is 0 Å². The van der Waals surface area contributed by atoms with Gasteiger partial charge in [-0.1, -0.05) is 30.7 Å². The molecule has 1 fully saturated rings. The molecule has 0 aromatic heterocycles. The summed E-state index contributed by atoms with van der Waals surface area (Å²) < 4.78 is 5.61. The van der Waals surface area contributed by atoms with Crippen LogP contribution in [0, 0.1) is 12.8 Å². The molecule has 2 nitrogen and oxygen atoms in total. The number of halogens is 1. The van der Waals surface area contributed by atoms with Crippen molar-refractivity contribution >= 4 is 11.6 Å². The molecule has 2 atom stereocenters. The highest BCUT2D eigenvalue weighted by Gasteiger charge is 2.25. The summed E-state index contributed by atoms with van der Waals surface area (Å²) in [6.45, 7) is 6.91. The van der Waals surface area contributed by atoms with Crippen molar-refractivity contribution < 1.29 is 4.74 Å². The Kier molecular flexibility index (Phi) is 5.04. The smallest absolute Gasteiger partial charge is 0.0512 e. The summed E-state index contributed by atoms with van der Waals surface area (Å²) in [5, 5.41) is 4.43. The molecule has 1 heterocycles.